The lowest BCUT2D eigenvalue weighted by Gasteiger charge is -2.08. The lowest BCUT2D eigenvalue weighted by molar-refractivity contribution is 0.0666. The summed E-state index contributed by atoms with van der Waals surface area (Å²) in [5, 5.41) is 12.8. The summed E-state index contributed by atoms with van der Waals surface area (Å²) >= 11 is 2.00. The normalized spacial score (nSPS) is 10.8. The van der Waals surface area contributed by atoms with Crippen LogP contribution in [0.15, 0.2) is 65.3 Å². The molecule has 0 amide bonds. The van der Waals surface area contributed by atoms with E-state index in [1.807, 2.05) is 52.9 Å². The van der Waals surface area contributed by atoms with Gasteiger partial charge in [-0.15, -0.1) is 0 Å². The molecule has 0 aliphatic heterocycles. The molecule has 0 aliphatic carbocycles. The maximum atomic E-state index is 14.3. The number of halogens is 2. The van der Waals surface area contributed by atoms with Gasteiger partial charge in [0.25, 0.3) is 0 Å². The van der Waals surface area contributed by atoms with E-state index >= 15 is 0 Å². The van der Waals surface area contributed by atoms with Crippen LogP contribution in [0.1, 0.15) is 16.1 Å². The summed E-state index contributed by atoms with van der Waals surface area (Å²) in [6.07, 6.45) is 3.03. The van der Waals surface area contributed by atoms with Crippen molar-refractivity contribution in [2.24, 2.45) is 0 Å². The van der Waals surface area contributed by atoms with Gasteiger partial charge in [0.05, 0.1) is 16.6 Å². The Kier molecular flexibility index (Phi) is 5.34. The minimum atomic E-state index is -1.27. The zero-order valence-electron chi connectivity index (χ0n) is 14.9. The Labute approximate surface area is 178 Å². The molecule has 4 rings (SSSR count). The fraction of sp³-hybridized carbons (Fsp3) is 0.0476. The Bertz CT molecular complexity index is 1190. The smallest absolute Gasteiger partial charge is 0.374 e. The number of anilines is 2. The number of hydrogen-bond acceptors (Lipinski definition) is 5. The molecular formula is C21H14FIN2O4. The molecule has 0 atom stereocenters. The van der Waals surface area contributed by atoms with Gasteiger partial charge < -0.3 is 19.6 Å². The van der Waals surface area contributed by atoms with E-state index in [9.17, 15) is 14.3 Å². The Morgan fingerprint density at radius 1 is 1.21 bits per heavy atom. The van der Waals surface area contributed by atoms with E-state index in [0.717, 1.165) is 3.57 Å². The van der Waals surface area contributed by atoms with E-state index in [0.29, 0.717) is 22.3 Å². The topological polar surface area (TPSA) is 84.6 Å². The van der Waals surface area contributed by atoms with Crippen molar-refractivity contribution < 1.29 is 23.4 Å². The molecule has 0 saturated carbocycles. The molecular weight excluding hydrogens is 490 g/mol. The number of pyridine rings is 1. The van der Waals surface area contributed by atoms with E-state index in [-0.39, 0.29) is 23.7 Å². The van der Waals surface area contributed by atoms with Gasteiger partial charge in [-0.1, -0.05) is 18.2 Å². The van der Waals surface area contributed by atoms with Gasteiger partial charge in [-0.3, -0.25) is 4.98 Å². The first-order valence-corrected chi connectivity index (χ1v) is 9.63. The number of benzene rings is 2. The lowest BCUT2D eigenvalue weighted by Crippen LogP contribution is -2.01. The maximum absolute atomic E-state index is 14.3. The number of aromatic carboxylic acids is 1. The van der Waals surface area contributed by atoms with E-state index in [1.165, 1.54) is 18.3 Å². The number of carbonyl (C=O) groups is 1. The van der Waals surface area contributed by atoms with Crippen LogP contribution in [-0.2, 0) is 6.61 Å². The fourth-order valence-corrected chi connectivity index (χ4v) is 3.30. The number of nitrogens with zero attached hydrogens (tertiary/aromatic N) is 1. The average molecular weight is 504 g/mol. The molecule has 2 N–H and O–H groups in total. The molecule has 146 valence electrons. The third-order valence-electron chi connectivity index (χ3n) is 4.19. The van der Waals surface area contributed by atoms with Gasteiger partial charge in [0.15, 0.2) is 0 Å². The number of fused-ring (bicyclic) bond motifs is 1. The summed E-state index contributed by atoms with van der Waals surface area (Å²) in [6.45, 7) is 0.137. The predicted octanol–water partition coefficient (Wildman–Crippen LogP) is 5.59. The number of carboxylic acid groups (broad SMARTS) is 1. The van der Waals surface area contributed by atoms with E-state index in [4.69, 9.17) is 9.15 Å². The fourth-order valence-electron chi connectivity index (χ4n) is 2.85. The number of rotatable bonds is 6. The van der Waals surface area contributed by atoms with Gasteiger partial charge in [0.2, 0.25) is 5.76 Å². The molecule has 4 aromatic rings. The quantitative estimate of drug-likeness (QED) is 0.333. The highest BCUT2D eigenvalue weighted by Crippen LogP contribution is 2.35. The third-order valence-corrected chi connectivity index (χ3v) is 4.86. The summed E-state index contributed by atoms with van der Waals surface area (Å²) in [5.74, 6) is -1.44. The average Bonchev–Trinajstić information content (AvgIpc) is 3.09. The van der Waals surface area contributed by atoms with Crippen molar-refractivity contribution in [3.63, 3.8) is 0 Å². The molecule has 0 fully saturated rings. The molecule has 0 bridgehead atoms. The van der Waals surface area contributed by atoms with Gasteiger partial charge in [-0.25, -0.2) is 9.18 Å². The van der Waals surface area contributed by atoms with Crippen LogP contribution in [0.5, 0.6) is 5.75 Å². The summed E-state index contributed by atoms with van der Waals surface area (Å²) < 4.78 is 26.3. The highest BCUT2D eigenvalue weighted by Gasteiger charge is 2.23. The summed E-state index contributed by atoms with van der Waals surface area (Å²) in [4.78, 5) is 15.9. The van der Waals surface area contributed by atoms with Crippen LogP contribution in [0.2, 0.25) is 0 Å². The molecule has 2 aromatic carbocycles. The lowest BCUT2D eigenvalue weighted by atomic mass is 10.2. The van der Waals surface area contributed by atoms with Gasteiger partial charge >= 0.3 is 5.97 Å². The van der Waals surface area contributed by atoms with Crippen molar-refractivity contribution in [2.45, 2.75) is 6.61 Å². The van der Waals surface area contributed by atoms with E-state index in [2.05, 4.69) is 10.3 Å². The molecule has 0 saturated heterocycles. The zero-order chi connectivity index (χ0) is 20.4. The number of hydrogen-bond donors (Lipinski definition) is 2. The number of para-hydroxylation sites is 1. The van der Waals surface area contributed by atoms with Gasteiger partial charge in [0.1, 0.15) is 29.4 Å². The minimum Gasteiger partial charge on any atom is -0.489 e. The highest BCUT2D eigenvalue weighted by molar-refractivity contribution is 14.1. The highest BCUT2D eigenvalue weighted by atomic mass is 127. The van der Waals surface area contributed by atoms with E-state index < -0.39 is 11.8 Å². The monoisotopic (exact) mass is 504 g/mol. The number of ether oxygens (including phenoxy) is 1. The first-order chi connectivity index (χ1) is 14.0. The van der Waals surface area contributed by atoms with Crippen LogP contribution in [0.4, 0.5) is 15.8 Å². The van der Waals surface area contributed by atoms with Crippen LogP contribution >= 0.6 is 22.6 Å². The largest absolute Gasteiger partial charge is 0.489 e. The predicted molar refractivity (Wildman–Crippen MR) is 114 cm³/mol. The summed E-state index contributed by atoms with van der Waals surface area (Å²) in [7, 11) is 0. The minimum absolute atomic E-state index is 0.137. The first kappa shape index (κ1) is 19.2. The molecule has 0 aliphatic rings. The molecule has 29 heavy (non-hydrogen) atoms. The van der Waals surface area contributed by atoms with Crippen molar-refractivity contribution in [3.05, 3.63) is 81.6 Å². The van der Waals surface area contributed by atoms with Crippen molar-refractivity contribution in [1.29, 1.82) is 0 Å². The van der Waals surface area contributed by atoms with Crippen molar-refractivity contribution in [2.75, 3.05) is 5.32 Å². The van der Waals surface area contributed by atoms with Crippen LogP contribution in [0, 0.1) is 9.39 Å². The van der Waals surface area contributed by atoms with Crippen LogP contribution in [-0.4, -0.2) is 16.1 Å². The SMILES string of the molecule is O=C(O)c1oc2c(COc3ccccc3)cncc2c1Nc1ccc(I)cc1F. The number of aromatic nitrogens is 1. The van der Waals surface area contributed by atoms with Gasteiger partial charge in [-0.2, -0.15) is 0 Å². The second kappa shape index (κ2) is 8.08. The third kappa shape index (κ3) is 4.02. The molecule has 2 heterocycles. The van der Waals surface area contributed by atoms with Crippen LogP contribution in [0.25, 0.3) is 11.0 Å². The summed E-state index contributed by atoms with van der Waals surface area (Å²) in [5.41, 5.74) is 1.18. The number of carboxylic acids is 1. The number of nitrogens with one attached hydrogen (secondary N) is 1. The standard InChI is InChI=1S/C21H14FIN2O4/c22-16-8-13(23)6-7-17(16)25-18-15-10-24-9-12(19(15)29-20(18)21(26)27)11-28-14-4-2-1-3-5-14/h1-10,25H,11H2,(H,26,27). The van der Waals surface area contributed by atoms with Crippen LogP contribution < -0.4 is 10.1 Å². The molecule has 0 unspecified atom stereocenters. The Morgan fingerprint density at radius 2 is 2.00 bits per heavy atom. The van der Waals surface area contributed by atoms with Crippen molar-refractivity contribution in [1.82, 2.24) is 4.98 Å². The zero-order valence-corrected chi connectivity index (χ0v) is 17.0. The second-order valence-electron chi connectivity index (χ2n) is 6.14. The second-order valence-corrected chi connectivity index (χ2v) is 7.38. The Balaban J connectivity index is 1.74. The van der Waals surface area contributed by atoms with Gasteiger partial charge in [0, 0.05) is 16.0 Å². The van der Waals surface area contributed by atoms with Crippen molar-refractivity contribution in [3.8, 4) is 5.75 Å². The Hall–Kier alpha value is -3.14. The van der Waals surface area contributed by atoms with E-state index in [1.54, 1.807) is 12.3 Å². The van der Waals surface area contributed by atoms with Gasteiger partial charge in [-0.05, 0) is 52.9 Å². The molecule has 6 nitrogen and oxygen atoms in total. The molecule has 0 radical (unpaired) electrons. The van der Waals surface area contributed by atoms with Crippen molar-refractivity contribution >= 4 is 50.9 Å². The first-order valence-electron chi connectivity index (χ1n) is 8.55. The summed E-state index contributed by atoms with van der Waals surface area (Å²) in [6, 6.07) is 13.8. The molecule has 2 aromatic heterocycles. The van der Waals surface area contributed by atoms with Crippen LogP contribution in [0.3, 0.4) is 0 Å². The maximum Gasteiger partial charge on any atom is 0.374 e. The molecule has 8 heteroatoms. The Morgan fingerprint density at radius 3 is 2.72 bits per heavy atom. The molecule has 0 spiro atoms. The number of furan rings is 1.